The van der Waals surface area contributed by atoms with Gasteiger partial charge in [0.05, 0.1) is 15.9 Å². The van der Waals surface area contributed by atoms with Crippen molar-refractivity contribution in [1.82, 2.24) is 15.1 Å². The average molecular weight is 415 g/mol. The molecule has 1 N–H and O–H groups in total. The molecule has 21 heavy (non-hydrogen) atoms. The largest absolute Gasteiger partial charge is 0.313 e. The highest BCUT2D eigenvalue weighted by molar-refractivity contribution is 9.10. The SMILES string of the molecule is CCc1nn(C)c(CC(NC)c2cc(Br)ccc2C)c1Br. The van der Waals surface area contributed by atoms with Crippen molar-refractivity contribution in [3.05, 3.63) is 49.7 Å². The molecule has 0 saturated heterocycles. The molecule has 0 aliphatic heterocycles. The molecule has 1 aromatic heterocycles. The van der Waals surface area contributed by atoms with Gasteiger partial charge in [-0.25, -0.2) is 0 Å². The third-order valence-electron chi connectivity index (χ3n) is 3.87. The Bertz CT molecular complexity index is 635. The van der Waals surface area contributed by atoms with Crippen LogP contribution in [0.5, 0.6) is 0 Å². The maximum atomic E-state index is 4.58. The Kier molecular flexibility index (Phi) is 5.63. The number of benzene rings is 1. The fraction of sp³-hybridized carbons (Fsp3) is 0.438. The fourth-order valence-corrected chi connectivity index (χ4v) is 3.75. The Balaban J connectivity index is 2.36. The molecule has 114 valence electrons. The van der Waals surface area contributed by atoms with Gasteiger partial charge in [-0.15, -0.1) is 0 Å². The van der Waals surface area contributed by atoms with Gasteiger partial charge < -0.3 is 5.32 Å². The van der Waals surface area contributed by atoms with Gasteiger partial charge in [0, 0.05) is 24.0 Å². The van der Waals surface area contributed by atoms with Gasteiger partial charge in [-0.3, -0.25) is 4.68 Å². The highest BCUT2D eigenvalue weighted by atomic mass is 79.9. The number of rotatable bonds is 5. The Labute approximate surface area is 143 Å². The third-order valence-corrected chi connectivity index (χ3v) is 5.27. The second-order valence-electron chi connectivity index (χ2n) is 5.23. The topological polar surface area (TPSA) is 29.9 Å². The predicted molar refractivity (Wildman–Crippen MR) is 94.7 cm³/mol. The van der Waals surface area contributed by atoms with Crippen LogP contribution in [0.1, 0.15) is 35.5 Å². The summed E-state index contributed by atoms with van der Waals surface area (Å²) in [5.41, 5.74) is 4.96. The minimum atomic E-state index is 0.263. The molecule has 0 amide bonds. The number of nitrogens with one attached hydrogen (secondary N) is 1. The molecule has 3 nitrogen and oxygen atoms in total. The number of aryl methyl sites for hydroxylation is 3. The van der Waals surface area contributed by atoms with Crippen LogP contribution < -0.4 is 5.32 Å². The fourth-order valence-electron chi connectivity index (χ4n) is 2.59. The molecule has 1 aromatic carbocycles. The number of hydrogen-bond donors (Lipinski definition) is 1. The van der Waals surface area contributed by atoms with Gasteiger partial charge in [0.2, 0.25) is 0 Å². The van der Waals surface area contributed by atoms with E-state index >= 15 is 0 Å². The van der Waals surface area contributed by atoms with E-state index in [1.54, 1.807) is 0 Å². The van der Waals surface area contributed by atoms with Gasteiger partial charge in [-0.05, 0) is 59.6 Å². The summed E-state index contributed by atoms with van der Waals surface area (Å²) in [5, 5.41) is 8.02. The minimum Gasteiger partial charge on any atom is -0.313 e. The maximum absolute atomic E-state index is 4.58. The van der Waals surface area contributed by atoms with Crippen molar-refractivity contribution in [3.8, 4) is 0 Å². The van der Waals surface area contributed by atoms with E-state index in [-0.39, 0.29) is 6.04 Å². The molecule has 1 atom stereocenters. The Morgan fingerprint density at radius 3 is 2.62 bits per heavy atom. The van der Waals surface area contributed by atoms with Crippen LogP contribution >= 0.6 is 31.9 Å². The summed E-state index contributed by atoms with van der Waals surface area (Å²) in [6, 6.07) is 6.70. The first kappa shape index (κ1) is 16.7. The zero-order valence-electron chi connectivity index (χ0n) is 12.9. The van der Waals surface area contributed by atoms with E-state index < -0.39 is 0 Å². The first-order valence-corrected chi connectivity index (χ1v) is 8.70. The quantitative estimate of drug-likeness (QED) is 0.789. The van der Waals surface area contributed by atoms with Crippen LogP contribution in [0, 0.1) is 6.92 Å². The molecule has 0 radical (unpaired) electrons. The monoisotopic (exact) mass is 413 g/mol. The van der Waals surface area contributed by atoms with Crippen LogP contribution in [0.4, 0.5) is 0 Å². The van der Waals surface area contributed by atoms with Gasteiger partial charge in [0.15, 0.2) is 0 Å². The lowest BCUT2D eigenvalue weighted by Crippen LogP contribution is -2.21. The van der Waals surface area contributed by atoms with E-state index in [1.165, 1.54) is 16.8 Å². The van der Waals surface area contributed by atoms with E-state index in [4.69, 9.17) is 0 Å². The smallest absolute Gasteiger partial charge is 0.0766 e. The molecule has 0 spiro atoms. The molecular weight excluding hydrogens is 394 g/mol. The first-order chi connectivity index (χ1) is 9.97. The number of hydrogen-bond acceptors (Lipinski definition) is 2. The third kappa shape index (κ3) is 3.58. The summed E-state index contributed by atoms with van der Waals surface area (Å²) in [5.74, 6) is 0. The highest BCUT2D eigenvalue weighted by Gasteiger charge is 2.19. The van der Waals surface area contributed by atoms with Crippen molar-refractivity contribution in [1.29, 1.82) is 0 Å². The summed E-state index contributed by atoms with van der Waals surface area (Å²) in [7, 11) is 4.02. The predicted octanol–water partition coefficient (Wildman–Crippen LogP) is 4.32. The van der Waals surface area contributed by atoms with E-state index in [1.807, 2.05) is 18.8 Å². The molecule has 5 heteroatoms. The van der Waals surface area contributed by atoms with Crippen molar-refractivity contribution < 1.29 is 0 Å². The Morgan fingerprint density at radius 1 is 1.33 bits per heavy atom. The van der Waals surface area contributed by atoms with Gasteiger partial charge >= 0.3 is 0 Å². The summed E-state index contributed by atoms with van der Waals surface area (Å²) in [4.78, 5) is 0. The van der Waals surface area contributed by atoms with Crippen LogP contribution in [0.2, 0.25) is 0 Å². The Morgan fingerprint density at radius 2 is 2.05 bits per heavy atom. The molecule has 1 heterocycles. The molecule has 0 bridgehead atoms. The first-order valence-electron chi connectivity index (χ1n) is 7.11. The molecule has 0 aliphatic rings. The lowest BCUT2D eigenvalue weighted by atomic mass is 9.97. The number of halogens is 2. The van der Waals surface area contributed by atoms with Crippen molar-refractivity contribution in [2.45, 2.75) is 32.7 Å². The van der Waals surface area contributed by atoms with Crippen LogP contribution in [0.3, 0.4) is 0 Å². The van der Waals surface area contributed by atoms with Gasteiger partial charge in [-0.1, -0.05) is 28.9 Å². The lowest BCUT2D eigenvalue weighted by Gasteiger charge is -2.19. The lowest BCUT2D eigenvalue weighted by molar-refractivity contribution is 0.557. The van der Waals surface area contributed by atoms with Crippen LogP contribution in [-0.4, -0.2) is 16.8 Å². The van der Waals surface area contributed by atoms with E-state index in [2.05, 4.69) is 74.3 Å². The van der Waals surface area contributed by atoms with E-state index in [0.29, 0.717) is 0 Å². The minimum absolute atomic E-state index is 0.263. The van der Waals surface area contributed by atoms with Gasteiger partial charge in [0.1, 0.15) is 0 Å². The van der Waals surface area contributed by atoms with Crippen molar-refractivity contribution in [3.63, 3.8) is 0 Å². The number of likely N-dealkylation sites (N-methyl/N-ethyl adjacent to an activating group) is 1. The molecule has 0 saturated carbocycles. The van der Waals surface area contributed by atoms with Crippen molar-refractivity contribution >= 4 is 31.9 Å². The van der Waals surface area contributed by atoms with Crippen LogP contribution in [-0.2, 0) is 19.9 Å². The van der Waals surface area contributed by atoms with E-state index in [0.717, 1.165) is 27.5 Å². The summed E-state index contributed by atoms with van der Waals surface area (Å²) >= 11 is 7.27. The standard InChI is InChI=1S/C16H21Br2N3/c1-5-13-16(18)15(21(4)20-13)9-14(19-3)12-8-11(17)7-6-10(12)2/h6-8,14,19H,5,9H2,1-4H3. The maximum Gasteiger partial charge on any atom is 0.0766 e. The molecule has 0 fully saturated rings. The van der Waals surface area contributed by atoms with Crippen LogP contribution in [0.15, 0.2) is 27.1 Å². The van der Waals surface area contributed by atoms with Crippen molar-refractivity contribution in [2.24, 2.45) is 7.05 Å². The van der Waals surface area contributed by atoms with E-state index in [9.17, 15) is 0 Å². The normalized spacial score (nSPS) is 12.7. The van der Waals surface area contributed by atoms with Crippen molar-refractivity contribution in [2.75, 3.05) is 7.05 Å². The highest BCUT2D eigenvalue weighted by Crippen LogP contribution is 2.29. The molecule has 2 rings (SSSR count). The summed E-state index contributed by atoms with van der Waals surface area (Å²) in [6.07, 6.45) is 1.84. The molecular formula is C16H21Br2N3. The molecule has 0 aliphatic carbocycles. The molecule has 2 aromatic rings. The van der Waals surface area contributed by atoms with Gasteiger partial charge in [0.25, 0.3) is 0 Å². The van der Waals surface area contributed by atoms with Crippen LogP contribution in [0.25, 0.3) is 0 Å². The van der Waals surface area contributed by atoms with Gasteiger partial charge in [-0.2, -0.15) is 5.10 Å². The molecule has 1 unspecified atom stereocenters. The second kappa shape index (κ2) is 7.07. The second-order valence-corrected chi connectivity index (χ2v) is 6.94. The summed E-state index contributed by atoms with van der Waals surface area (Å²) in [6.45, 7) is 4.28. The number of nitrogens with zero attached hydrogens (tertiary/aromatic N) is 2. The summed E-state index contributed by atoms with van der Waals surface area (Å²) < 4.78 is 4.24. The number of aromatic nitrogens is 2. The zero-order valence-corrected chi connectivity index (χ0v) is 16.0. The Hall–Kier alpha value is -0.650. The zero-order chi connectivity index (χ0) is 15.6. The average Bonchev–Trinajstić information content (AvgIpc) is 2.74.